The van der Waals surface area contributed by atoms with Crippen molar-refractivity contribution < 1.29 is 9.47 Å². The molecule has 0 radical (unpaired) electrons. The van der Waals surface area contributed by atoms with Crippen LogP contribution < -0.4 is 15.2 Å². The summed E-state index contributed by atoms with van der Waals surface area (Å²) in [4.78, 5) is 0.462. The van der Waals surface area contributed by atoms with Gasteiger partial charge in [-0.1, -0.05) is 26.1 Å². The molecule has 0 saturated heterocycles. The number of hydrogen-bond donors (Lipinski definition) is 1. The average Bonchev–Trinajstić information content (AvgIpc) is 2.28. The van der Waals surface area contributed by atoms with Gasteiger partial charge in [0.2, 0.25) is 0 Å². The molecular weight excluding hydrogens is 234 g/mol. The molecule has 0 bridgehead atoms. The third kappa shape index (κ3) is 4.23. The molecule has 1 aromatic rings. The number of hydrogen-bond acceptors (Lipinski definition) is 3. The zero-order valence-electron chi connectivity index (χ0n) is 10.5. The molecule has 0 saturated carbocycles. The molecule has 17 heavy (non-hydrogen) atoms. The Hall–Kier alpha value is -1.29. The van der Waals surface area contributed by atoms with Crippen LogP contribution in [0.1, 0.15) is 20.8 Å². The van der Waals surface area contributed by atoms with Gasteiger partial charge in [-0.25, -0.2) is 0 Å². The van der Waals surface area contributed by atoms with Gasteiger partial charge in [0.15, 0.2) is 0 Å². The predicted octanol–water partition coefficient (Wildman–Crippen LogP) is 2.78. The topological polar surface area (TPSA) is 44.5 Å². The van der Waals surface area contributed by atoms with Gasteiger partial charge >= 0.3 is 0 Å². The van der Waals surface area contributed by atoms with Crippen molar-refractivity contribution in [2.24, 2.45) is 11.1 Å². The first-order valence-corrected chi connectivity index (χ1v) is 6.02. The van der Waals surface area contributed by atoms with Gasteiger partial charge in [-0.2, -0.15) is 0 Å². The molecule has 94 valence electrons. The second-order valence-electron chi connectivity index (χ2n) is 4.44. The van der Waals surface area contributed by atoms with Gasteiger partial charge in [0.05, 0.1) is 18.2 Å². The van der Waals surface area contributed by atoms with Crippen LogP contribution in [-0.4, -0.2) is 18.2 Å². The fraction of sp³-hybridized carbons (Fsp3) is 0.462. The van der Waals surface area contributed by atoms with Gasteiger partial charge < -0.3 is 15.2 Å². The molecule has 1 aromatic carbocycles. The molecule has 4 heteroatoms. The predicted molar refractivity (Wildman–Crippen MR) is 73.7 cm³/mol. The van der Waals surface area contributed by atoms with Crippen LogP contribution in [0.4, 0.5) is 0 Å². The summed E-state index contributed by atoms with van der Waals surface area (Å²) < 4.78 is 11.0. The van der Waals surface area contributed by atoms with Crippen LogP contribution in [-0.2, 0) is 0 Å². The Morgan fingerprint density at radius 1 is 1.18 bits per heavy atom. The number of nitrogens with two attached hydrogens (primary N) is 1. The zero-order chi connectivity index (χ0) is 12.9. The lowest BCUT2D eigenvalue weighted by atomic mass is 9.95. The standard InChI is InChI=1S/C13H19NO2S/c1-4-15-10-5-7-11(8-6-10)16-9-13(2,3)12(14)17/h5-8H,4,9H2,1-3H3,(H2,14,17). The molecule has 0 atom stereocenters. The molecule has 0 heterocycles. The number of rotatable bonds is 6. The Morgan fingerprint density at radius 3 is 2.06 bits per heavy atom. The maximum absolute atomic E-state index is 5.64. The second-order valence-corrected chi connectivity index (χ2v) is 4.88. The molecule has 0 spiro atoms. The smallest absolute Gasteiger partial charge is 0.119 e. The van der Waals surface area contributed by atoms with Crippen LogP contribution in [0, 0.1) is 5.41 Å². The van der Waals surface area contributed by atoms with E-state index >= 15 is 0 Å². The summed E-state index contributed by atoms with van der Waals surface area (Å²) in [6.07, 6.45) is 0. The van der Waals surface area contributed by atoms with Crippen molar-refractivity contribution in [2.45, 2.75) is 20.8 Å². The number of thiocarbonyl (C=S) groups is 1. The maximum Gasteiger partial charge on any atom is 0.119 e. The molecule has 0 fully saturated rings. The lowest BCUT2D eigenvalue weighted by Gasteiger charge is -2.23. The molecule has 0 amide bonds. The van der Waals surface area contributed by atoms with Crippen molar-refractivity contribution in [2.75, 3.05) is 13.2 Å². The van der Waals surface area contributed by atoms with E-state index in [4.69, 9.17) is 27.4 Å². The highest BCUT2D eigenvalue weighted by atomic mass is 32.1. The number of ether oxygens (including phenoxy) is 2. The van der Waals surface area contributed by atoms with Crippen molar-refractivity contribution in [3.05, 3.63) is 24.3 Å². The van der Waals surface area contributed by atoms with Crippen LogP contribution >= 0.6 is 12.2 Å². The third-order valence-electron chi connectivity index (χ3n) is 2.40. The Kier molecular flexibility index (Phi) is 4.75. The highest BCUT2D eigenvalue weighted by Crippen LogP contribution is 2.21. The zero-order valence-corrected chi connectivity index (χ0v) is 11.3. The van der Waals surface area contributed by atoms with E-state index < -0.39 is 0 Å². The van der Waals surface area contributed by atoms with E-state index in [-0.39, 0.29) is 5.41 Å². The summed E-state index contributed by atoms with van der Waals surface area (Å²) in [6.45, 7) is 7.01. The average molecular weight is 253 g/mol. The van der Waals surface area contributed by atoms with Crippen molar-refractivity contribution in [3.63, 3.8) is 0 Å². The van der Waals surface area contributed by atoms with Crippen LogP contribution in [0.5, 0.6) is 11.5 Å². The summed E-state index contributed by atoms with van der Waals surface area (Å²) in [5, 5.41) is 0. The van der Waals surface area contributed by atoms with Gasteiger partial charge in [0.25, 0.3) is 0 Å². The molecule has 0 unspecified atom stereocenters. The minimum Gasteiger partial charge on any atom is -0.494 e. The molecule has 2 N–H and O–H groups in total. The summed E-state index contributed by atoms with van der Waals surface area (Å²) >= 11 is 4.98. The summed E-state index contributed by atoms with van der Waals surface area (Å²) in [7, 11) is 0. The third-order valence-corrected chi connectivity index (χ3v) is 2.95. The minimum absolute atomic E-state index is 0.298. The van der Waals surface area contributed by atoms with E-state index in [1.165, 1.54) is 0 Å². The summed E-state index contributed by atoms with van der Waals surface area (Å²) in [6, 6.07) is 7.51. The molecule has 0 aliphatic heterocycles. The largest absolute Gasteiger partial charge is 0.494 e. The van der Waals surface area contributed by atoms with Crippen molar-refractivity contribution >= 4 is 17.2 Å². The van der Waals surface area contributed by atoms with E-state index in [1.54, 1.807) is 0 Å². The van der Waals surface area contributed by atoms with Crippen molar-refractivity contribution in [3.8, 4) is 11.5 Å². The molecule has 0 aromatic heterocycles. The molecular formula is C13H19NO2S. The number of benzene rings is 1. The van der Waals surface area contributed by atoms with E-state index in [9.17, 15) is 0 Å². The normalized spacial score (nSPS) is 11.0. The lowest BCUT2D eigenvalue weighted by Crippen LogP contribution is -2.35. The Bertz CT molecular complexity index is 374. The first-order valence-electron chi connectivity index (χ1n) is 5.61. The van der Waals surface area contributed by atoms with E-state index in [1.807, 2.05) is 45.0 Å². The first kappa shape index (κ1) is 13.8. The highest BCUT2D eigenvalue weighted by Gasteiger charge is 2.22. The van der Waals surface area contributed by atoms with Crippen LogP contribution in [0.3, 0.4) is 0 Å². The van der Waals surface area contributed by atoms with Gasteiger partial charge in [-0.05, 0) is 31.2 Å². The summed E-state index contributed by atoms with van der Waals surface area (Å²) in [5.41, 5.74) is 5.33. The highest BCUT2D eigenvalue weighted by molar-refractivity contribution is 7.80. The van der Waals surface area contributed by atoms with E-state index in [0.29, 0.717) is 18.2 Å². The van der Waals surface area contributed by atoms with Crippen LogP contribution in [0.2, 0.25) is 0 Å². The molecule has 0 aliphatic carbocycles. The molecule has 1 rings (SSSR count). The SMILES string of the molecule is CCOc1ccc(OCC(C)(C)C(N)=S)cc1. The Morgan fingerprint density at radius 2 is 1.65 bits per heavy atom. The lowest BCUT2D eigenvalue weighted by molar-refractivity contribution is 0.236. The molecule has 3 nitrogen and oxygen atoms in total. The first-order chi connectivity index (χ1) is 7.95. The van der Waals surface area contributed by atoms with Gasteiger partial charge in [-0.3, -0.25) is 0 Å². The summed E-state index contributed by atoms with van der Waals surface area (Å²) in [5.74, 6) is 1.63. The van der Waals surface area contributed by atoms with Gasteiger partial charge in [-0.15, -0.1) is 0 Å². The van der Waals surface area contributed by atoms with E-state index in [0.717, 1.165) is 11.5 Å². The van der Waals surface area contributed by atoms with Crippen LogP contribution in [0.15, 0.2) is 24.3 Å². The Balaban J connectivity index is 2.55. The van der Waals surface area contributed by atoms with E-state index in [2.05, 4.69) is 0 Å². The van der Waals surface area contributed by atoms with Crippen LogP contribution in [0.25, 0.3) is 0 Å². The Labute approximate surface area is 108 Å². The van der Waals surface area contributed by atoms with Gasteiger partial charge in [0, 0.05) is 5.41 Å². The second kappa shape index (κ2) is 5.87. The van der Waals surface area contributed by atoms with Crippen molar-refractivity contribution in [1.29, 1.82) is 0 Å². The van der Waals surface area contributed by atoms with Crippen molar-refractivity contribution in [1.82, 2.24) is 0 Å². The van der Waals surface area contributed by atoms with Gasteiger partial charge in [0.1, 0.15) is 11.5 Å². The minimum atomic E-state index is -0.298. The quantitative estimate of drug-likeness (QED) is 0.792. The maximum atomic E-state index is 5.64. The fourth-order valence-corrected chi connectivity index (χ4v) is 1.19. The monoisotopic (exact) mass is 253 g/mol. The molecule has 0 aliphatic rings. The fourth-order valence-electron chi connectivity index (χ4n) is 1.13.